The van der Waals surface area contributed by atoms with Gasteiger partial charge in [0.1, 0.15) is 23.8 Å². The third-order valence-electron chi connectivity index (χ3n) is 7.97. The molecule has 0 atom stereocenters. The predicted molar refractivity (Wildman–Crippen MR) is 162 cm³/mol. The number of aryl methyl sites for hydroxylation is 2. The number of benzene rings is 3. The normalized spacial score (nSPS) is 14.7. The van der Waals surface area contributed by atoms with E-state index in [4.69, 9.17) is 37.2 Å². The van der Waals surface area contributed by atoms with Gasteiger partial charge in [-0.25, -0.2) is 4.79 Å². The molecule has 11 heteroatoms. The summed E-state index contributed by atoms with van der Waals surface area (Å²) < 4.78 is 18.6. The number of aromatic nitrogens is 3. The molecule has 3 heterocycles. The first-order chi connectivity index (χ1) is 20.8. The number of rotatable bonds is 7. The van der Waals surface area contributed by atoms with Crippen LogP contribution in [0, 0.1) is 0 Å². The van der Waals surface area contributed by atoms with Crippen LogP contribution in [-0.2, 0) is 29.6 Å². The van der Waals surface area contributed by atoms with Crippen molar-refractivity contribution in [3.05, 3.63) is 87.2 Å². The van der Waals surface area contributed by atoms with Crippen molar-refractivity contribution in [3.8, 4) is 17.0 Å². The number of hydrogen-bond acceptors (Lipinski definition) is 7. The van der Waals surface area contributed by atoms with Gasteiger partial charge in [0.2, 0.25) is 5.91 Å². The van der Waals surface area contributed by atoms with Crippen LogP contribution in [-0.4, -0.2) is 33.9 Å². The number of methoxy groups -OCH3 is 1. The zero-order valence-electron chi connectivity index (χ0n) is 23.4. The number of anilines is 2. The summed E-state index contributed by atoms with van der Waals surface area (Å²) in [6.07, 6.45) is 3.01. The molecule has 0 N–H and O–H groups in total. The van der Waals surface area contributed by atoms with E-state index in [1.165, 1.54) is 7.11 Å². The molecule has 9 nitrogen and oxygen atoms in total. The lowest BCUT2D eigenvalue weighted by Crippen LogP contribution is -2.30. The third-order valence-corrected chi connectivity index (χ3v) is 8.60. The van der Waals surface area contributed by atoms with E-state index in [9.17, 15) is 9.59 Å². The van der Waals surface area contributed by atoms with Gasteiger partial charge in [0.15, 0.2) is 5.69 Å². The van der Waals surface area contributed by atoms with Gasteiger partial charge in [-0.3, -0.25) is 14.4 Å². The van der Waals surface area contributed by atoms with E-state index >= 15 is 0 Å². The lowest BCUT2D eigenvalue weighted by Gasteiger charge is -2.30. The van der Waals surface area contributed by atoms with Crippen LogP contribution in [0.5, 0.6) is 5.75 Å². The fraction of sp³-hybridized carbons (Fsp3) is 0.250. The van der Waals surface area contributed by atoms with Crippen molar-refractivity contribution in [2.75, 3.05) is 12.0 Å². The number of esters is 1. The van der Waals surface area contributed by atoms with Crippen molar-refractivity contribution in [2.24, 2.45) is 7.05 Å². The van der Waals surface area contributed by atoms with Crippen molar-refractivity contribution in [1.29, 1.82) is 0 Å². The van der Waals surface area contributed by atoms with Crippen LogP contribution in [0.25, 0.3) is 22.2 Å². The Morgan fingerprint density at radius 2 is 1.86 bits per heavy atom. The number of ether oxygens (including phenoxy) is 2. The Kier molecular flexibility index (Phi) is 6.86. The molecule has 1 aliphatic heterocycles. The Morgan fingerprint density at radius 1 is 1.07 bits per heavy atom. The van der Waals surface area contributed by atoms with E-state index in [1.807, 2.05) is 30.3 Å². The van der Waals surface area contributed by atoms with E-state index in [-0.39, 0.29) is 18.2 Å². The number of carbonyl (C=O) groups excluding carboxylic acids is 2. The Hall–Kier alpha value is -4.34. The topological polar surface area (TPSA) is 99.7 Å². The van der Waals surface area contributed by atoms with Gasteiger partial charge in [0.05, 0.1) is 39.6 Å². The molecule has 1 saturated carbocycles. The monoisotopic (exact) mass is 616 g/mol. The number of amides is 1. The predicted octanol–water partition coefficient (Wildman–Crippen LogP) is 7.39. The van der Waals surface area contributed by atoms with Gasteiger partial charge in [0.25, 0.3) is 0 Å². The molecule has 3 aromatic carbocycles. The molecule has 0 saturated heterocycles. The lowest BCUT2D eigenvalue weighted by atomic mass is 9.99. The maximum Gasteiger partial charge on any atom is 0.359 e. The minimum absolute atomic E-state index is 0.0179. The average Bonchev–Trinajstić information content (AvgIpc) is 3.69. The average molecular weight is 617 g/mol. The molecule has 2 aromatic heterocycles. The second kappa shape index (κ2) is 10.7. The molecule has 0 spiro atoms. The van der Waals surface area contributed by atoms with Crippen LogP contribution < -0.4 is 9.64 Å². The van der Waals surface area contributed by atoms with Crippen molar-refractivity contribution in [2.45, 2.75) is 38.2 Å². The minimum Gasteiger partial charge on any atom is -0.489 e. The summed E-state index contributed by atoms with van der Waals surface area (Å²) in [5, 5.41) is 10.3. The largest absolute Gasteiger partial charge is 0.489 e. The molecule has 0 unspecified atom stereocenters. The summed E-state index contributed by atoms with van der Waals surface area (Å²) in [4.78, 5) is 27.1. The first-order valence-electron chi connectivity index (χ1n) is 13.9. The number of halogens is 2. The summed E-state index contributed by atoms with van der Waals surface area (Å²) in [6, 6.07) is 16.5. The van der Waals surface area contributed by atoms with Crippen LogP contribution in [0.15, 0.2) is 59.1 Å². The van der Waals surface area contributed by atoms with Crippen LogP contribution in [0.4, 0.5) is 11.4 Å². The van der Waals surface area contributed by atoms with Crippen molar-refractivity contribution >= 4 is 57.4 Å². The molecule has 7 rings (SSSR count). The Bertz CT molecular complexity index is 1910. The molecule has 5 aromatic rings. The molecular formula is C32H26Cl2N4O5. The molecular weight excluding hydrogens is 591 g/mol. The highest BCUT2D eigenvalue weighted by molar-refractivity contribution is 6.39. The summed E-state index contributed by atoms with van der Waals surface area (Å²) >= 11 is 13.0. The molecule has 0 radical (unpaired) electrons. The number of nitrogens with zero attached hydrogens (tertiary/aromatic N) is 4. The molecule has 1 amide bonds. The third kappa shape index (κ3) is 4.82. The Balaban J connectivity index is 1.19. The van der Waals surface area contributed by atoms with E-state index in [0.29, 0.717) is 62.4 Å². The smallest absolute Gasteiger partial charge is 0.359 e. The van der Waals surface area contributed by atoms with Crippen LogP contribution >= 0.6 is 23.2 Å². The van der Waals surface area contributed by atoms with E-state index in [1.54, 1.807) is 40.9 Å². The maximum atomic E-state index is 13.2. The lowest BCUT2D eigenvalue weighted by molar-refractivity contribution is -0.118. The number of fused-ring (bicyclic) bond motifs is 2. The number of carbonyl (C=O) groups is 2. The standard InChI is InChI=1S/C32H26Cl2N4O5/c1-37-26-15-19(9-11-21(26)30(35-37)32(40)41-2)38-25-12-10-20(14-18(25)8-13-27(38)39)42-16-22-29(36-43-31(22)17-6-7-17)28-23(33)4-3-5-24(28)34/h3-5,9-12,14-15,17H,6-8,13,16H2,1-2H3. The summed E-state index contributed by atoms with van der Waals surface area (Å²) in [7, 11) is 3.08. The molecule has 0 bridgehead atoms. The Morgan fingerprint density at radius 3 is 2.60 bits per heavy atom. The maximum absolute atomic E-state index is 13.2. The summed E-state index contributed by atoms with van der Waals surface area (Å²) in [5.41, 5.74) is 5.46. The molecule has 218 valence electrons. The Labute approximate surface area is 256 Å². The van der Waals surface area contributed by atoms with Crippen LogP contribution in [0.1, 0.15) is 52.6 Å². The molecule has 1 fully saturated rings. The van der Waals surface area contributed by atoms with E-state index < -0.39 is 5.97 Å². The highest BCUT2D eigenvalue weighted by Gasteiger charge is 2.34. The van der Waals surface area contributed by atoms with Gasteiger partial charge in [-0.05, 0) is 73.4 Å². The van der Waals surface area contributed by atoms with Crippen LogP contribution in [0.3, 0.4) is 0 Å². The second-order valence-corrected chi connectivity index (χ2v) is 11.5. The molecule has 2 aliphatic rings. The zero-order valence-corrected chi connectivity index (χ0v) is 24.9. The SMILES string of the molecule is COC(=O)c1nn(C)c2cc(N3C(=O)CCc4cc(OCc5c(-c6c(Cl)cccc6Cl)noc5C5CC5)ccc43)ccc12. The summed E-state index contributed by atoms with van der Waals surface area (Å²) in [5.74, 6) is 1.25. The fourth-order valence-electron chi connectivity index (χ4n) is 5.68. The van der Waals surface area contributed by atoms with Crippen molar-refractivity contribution in [1.82, 2.24) is 14.9 Å². The minimum atomic E-state index is -0.511. The highest BCUT2D eigenvalue weighted by Crippen LogP contribution is 2.46. The highest BCUT2D eigenvalue weighted by atomic mass is 35.5. The van der Waals surface area contributed by atoms with Gasteiger partial charge < -0.3 is 14.0 Å². The quantitative estimate of drug-likeness (QED) is 0.176. The zero-order chi connectivity index (χ0) is 29.8. The fourth-order valence-corrected chi connectivity index (χ4v) is 6.25. The van der Waals surface area contributed by atoms with Crippen molar-refractivity contribution in [3.63, 3.8) is 0 Å². The van der Waals surface area contributed by atoms with Gasteiger partial charge in [0, 0.05) is 30.3 Å². The van der Waals surface area contributed by atoms with Gasteiger partial charge >= 0.3 is 5.97 Å². The first kappa shape index (κ1) is 27.5. The molecule has 1 aliphatic carbocycles. The van der Waals surface area contributed by atoms with Crippen LogP contribution in [0.2, 0.25) is 10.0 Å². The summed E-state index contributed by atoms with van der Waals surface area (Å²) in [6.45, 7) is 0.229. The number of hydrogen-bond donors (Lipinski definition) is 0. The van der Waals surface area contributed by atoms with Crippen molar-refractivity contribution < 1.29 is 23.6 Å². The van der Waals surface area contributed by atoms with Gasteiger partial charge in [-0.15, -0.1) is 0 Å². The van der Waals surface area contributed by atoms with E-state index in [2.05, 4.69) is 10.3 Å². The molecule has 43 heavy (non-hydrogen) atoms. The second-order valence-electron chi connectivity index (χ2n) is 10.7. The first-order valence-corrected chi connectivity index (χ1v) is 14.7. The van der Waals surface area contributed by atoms with Gasteiger partial charge in [-0.2, -0.15) is 5.10 Å². The van der Waals surface area contributed by atoms with Gasteiger partial charge in [-0.1, -0.05) is 34.4 Å². The van der Waals surface area contributed by atoms with E-state index in [0.717, 1.165) is 35.4 Å².